The molecule has 0 aliphatic carbocycles. The number of hydrogen-bond acceptors (Lipinski definition) is 4. The minimum atomic E-state index is -0.802. The Kier molecular flexibility index (Phi) is 5.16. The van der Waals surface area contributed by atoms with Crippen molar-refractivity contribution in [2.75, 3.05) is 20.8 Å². The number of esters is 1. The summed E-state index contributed by atoms with van der Waals surface area (Å²) >= 11 is 0. The van der Waals surface area contributed by atoms with Crippen LogP contribution in [0.25, 0.3) is 0 Å². The van der Waals surface area contributed by atoms with E-state index in [0.29, 0.717) is 5.56 Å². The van der Waals surface area contributed by atoms with Crippen molar-refractivity contribution in [3.63, 3.8) is 0 Å². The van der Waals surface area contributed by atoms with Crippen molar-refractivity contribution in [3.05, 3.63) is 35.9 Å². The lowest BCUT2D eigenvalue weighted by Gasteiger charge is -2.16. The highest BCUT2D eigenvalue weighted by Gasteiger charge is 2.22. The van der Waals surface area contributed by atoms with Crippen LogP contribution in [0.4, 0.5) is 0 Å². The summed E-state index contributed by atoms with van der Waals surface area (Å²) < 4.78 is 9.34. The molecule has 0 spiro atoms. The number of ether oxygens (including phenoxy) is 2. The molecule has 1 rings (SSSR count). The molecular formula is C12H15NO4. The summed E-state index contributed by atoms with van der Waals surface area (Å²) in [5, 5.41) is 2.55. The Morgan fingerprint density at radius 1 is 1.24 bits per heavy atom. The molecule has 1 aromatic rings. The van der Waals surface area contributed by atoms with Crippen LogP contribution >= 0.6 is 0 Å². The molecule has 0 fully saturated rings. The highest BCUT2D eigenvalue weighted by molar-refractivity contribution is 5.86. The molecule has 0 heterocycles. The molecule has 0 aliphatic heterocycles. The van der Waals surface area contributed by atoms with Crippen molar-refractivity contribution >= 4 is 11.9 Å². The van der Waals surface area contributed by atoms with E-state index in [2.05, 4.69) is 14.8 Å². The van der Waals surface area contributed by atoms with Gasteiger partial charge in [0.1, 0.15) is 6.61 Å². The molecule has 1 aromatic carbocycles. The molecule has 5 heteroatoms. The zero-order valence-corrected chi connectivity index (χ0v) is 9.80. The van der Waals surface area contributed by atoms with Crippen molar-refractivity contribution in [2.24, 2.45) is 0 Å². The first-order valence-corrected chi connectivity index (χ1v) is 5.10. The third-order valence-corrected chi connectivity index (χ3v) is 2.15. The average Bonchev–Trinajstić information content (AvgIpc) is 2.36. The monoisotopic (exact) mass is 237 g/mol. The number of amides is 1. The molecule has 1 atom stereocenters. The van der Waals surface area contributed by atoms with Gasteiger partial charge in [0.25, 0.3) is 0 Å². The van der Waals surface area contributed by atoms with Crippen LogP contribution in [0.2, 0.25) is 0 Å². The van der Waals surface area contributed by atoms with Crippen LogP contribution < -0.4 is 5.32 Å². The molecule has 0 bridgehead atoms. The van der Waals surface area contributed by atoms with E-state index in [0.717, 1.165) is 0 Å². The maximum Gasteiger partial charge on any atom is 0.333 e. The van der Waals surface area contributed by atoms with E-state index >= 15 is 0 Å². The summed E-state index contributed by atoms with van der Waals surface area (Å²) in [5.41, 5.74) is 0.670. The normalized spacial score (nSPS) is 11.6. The first-order valence-electron chi connectivity index (χ1n) is 5.10. The van der Waals surface area contributed by atoms with E-state index < -0.39 is 12.0 Å². The van der Waals surface area contributed by atoms with Crippen molar-refractivity contribution in [2.45, 2.75) is 6.04 Å². The van der Waals surface area contributed by atoms with E-state index in [-0.39, 0.29) is 12.5 Å². The van der Waals surface area contributed by atoms with Crippen LogP contribution in [0.1, 0.15) is 11.6 Å². The molecule has 0 saturated heterocycles. The fourth-order valence-corrected chi connectivity index (χ4v) is 1.38. The number of nitrogens with one attached hydrogen (secondary N) is 1. The fraction of sp³-hybridized carbons (Fsp3) is 0.333. The van der Waals surface area contributed by atoms with Crippen LogP contribution in [0, 0.1) is 0 Å². The maximum absolute atomic E-state index is 11.6. The smallest absolute Gasteiger partial charge is 0.333 e. The first-order chi connectivity index (χ1) is 8.19. The Morgan fingerprint density at radius 2 is 1.88 bits per heavy atom. The van der Waals surface area contributed by atoms with Gasteiger partial charge in [0.2, 0.25) is 5.91 Å². The second kappa shape index (κ2) is 6.65. The van der Waals surface area contributed by atoms with Crippen molar-refractivity contribution in [1.29, 1.82) is 0 Å². The predicted molar refractivity (Wildman–Crippen MR) is 61.2 cm³/mol. The predicted octanol–water partition coefficient (Wildman–Crippen LogP) is 0.663. The maximum atomic E-state index is 11.6. The van der Waals surface area contributed by atoms with Gasteiger partial charge < -0.3 is 14.8 Å². The number of carbonyl (C=O) groups excluding carboxylic acids is 2. The van der Waals surface area contributed by atoms with Gasteiger partial charge in [0, 0.05) is 7.11 Å². The molecule has 1 unspecified atom stereocenters. The first kappa shape index (κ1) is 13.2. The Labute approximate surface area is 99.7 Å². The second-order valence-electron chi connectivity index (χ2n) is 3.37. The molecule has 17 heavy (non-hydrogen) atoms. The molecule has 0 saturated carbocycles. The van der Waals surface area contributed by atoms with Crippen molar-refractivity contribution < 1.29 is 19.1 Å². The SMILES string of the molecule is COCC(=O)NC(C(=O)OC)c1ccccc1. The van der Waals surface area contributed by atoms with E-state index in [1.165, 1.54) is 14.2 Å². The zero-order valence-electron chi connectivity index (χ0n) is 9.80. The quantitative estimate of drug-likeness (QED) is 0.764. The summed E-state index contributed by atoms with van der Waals surface area (Å²) in [6.07, 6.45) is 0. The number of rotatable bonds is 5. The summed E-state index contributed by atoms with van der Waals surface area (Å²) in [6.45, 7) is -0.0969. The summed E-state index contributed by atoms with van der Waals surface area (Å²) in [6, 6.07) is 8.09. The van der Waals surface area contributed by atoms with Crippen LogP contribution in [0.3, 0.4) is 0 Å². The number of hydrogen-bond donors (Lipinski definition) is 1. The fourth-order valence-electron chi connectivity index (χ4n) is 1.38. The van der Waals surface area contributed by atoms with Gasteiger partial charge in [-0.05, 0) is 5.56 Å². The Balaban J connectivity index is 2.82. The summed E-state index contributed by atoms with van der Waals surface area (Å²) in [7, 11) is 2.69. The van der Waals surface area contributed by atoms with Crippen LogP contribution in [-0.2, 0) is 19.1 Å². The van der Waals surface area contributed by atoms with Gasteiger partial charge in [-0.3, -0.25) is 4.79 Å². The number of methoxy groups -OCH3 is 2. The average molecular weight is 237 g/mol. The molecule has 0 aromatic heterocycles. The van der Waals surface area contributed by atoms with E-state index in [1.54, 1.807) is 24.3 Å². The molecule has 1 N–H and O–H groups in total. The Hall–Kier alpha value is -1.88. The molecule has 5 nitrogen and oxygen atoms in total. The topological polar surface area (TPSA) is 64.6 Å². The van der Waals surface area contributed by atoms with Crippen LogP contribution in [0.15, 0.2) is 30.3 Å². The highest BCUT2D eigenvalue weighted by Crippen LogP contribution is 2.13. The molecule has 1 amide bonds. The Bertz CT molecular complexity index is 377. The van der Waals surface area contributed by atoms with Gasteiger partial charge in [-0.25, -0.2) is 4.79 Å². The van der Waals surface area contributed by atoms with Gasteiger partial charge in [-0.2, -0.15) is 0 Å². The third kappa shape index (κ3) is 3.88. The lowest BCUT2D eigenvalue weighted by molar-refractivity contribution is -0.145. The van der Waals surface area contributed by atoms with Gasteiger partial charge in [0.15, 0.2) is 6.04 Å². The van der Waals surface area contributed by atoms with Gasteiger partial charge >= 0.3 is 5.97 Å². The van der Waals surface area contributed by atoms with Crippen molar-refractivity contribution in [1.82, 2.24) is 5.32 Å². The van der Waals surface area contributed by atoms with E-state index in [1.807, 2.05) is 6.07 Å². The molecule has 0 aliphatic rings. The lowest BCUT2D eigenvalue weighted by atomic mass is 10.1. The number of benzene rings is 1. The largest absolute Gasteiger partial charge is 0.467 e. The Morgan fingerprint density at radius 3 is 2.41 bits per heavy atom. The van der Waals surface area contributed by atoms with Crippen LogP contribution in [-0.4, -0.2) is 32.7 Å². The van der Waals surface area contributed by atoms with Gasteiger partial charge in [0.05, 0.1) is 7.11 Å². The highest BCUT2D eigenvalue weighted by atomic mass is 16.5. The zero-order chi connectivity index (χ0) is 12.7. The second-order valence-corrected chi connectivity index (χ2v) is 3.37. The molecule has 92 valence electrons. The van der Waals surface area contributed by atoms with Crippen molar-refractivity contribution in [3.8, 4) is 0 Å². The minimum Gasteiger partial charge on any atom is -0.467 e. The van der Waals surface area contributed by atoms with E-state index in [9.17, 15) is 9.59 Å². The molecule has 0 radical (unpaired) electrons. The van der Waals surface area contributed by atoms with Gasteiger partial charge in [-0.15, -0.1) is 0 Å². The summed E-state index contributed by atoms with van der Waals surface area (Å²) in [5.74, 6) is -0.882. The molecular weight excluding hydrogens is 222 g/mol. The minimum absolute atomic E-state index is 0.0969. The third-order valence-electron chi connectivity index (χ3n) is 2.15. The van der Waals surface area contributed by atoms with E-state index in [4.69, 9.17) is 0 Å². The van der Waals surface area contributed by atoms with Crippen LogP contribution in [0.5, 0.6) is 0 Å². The number of carbonyl (C=O) groups is 2. The summed E-state index contributed by atoms with van der Waals surface area (Å²) in [4.78, 5) is 23.0. The lowest BCUT2D eigenvalue weighted by Crippen LogP contribution is -2.36. The standard InChI is InChI=1S/C12H15NO4/c1-16-8-10(14)13-11(12(15)17-2)9-6-4-3-5-7-9/h3-7,11H,8H2,1-2H3,(H,13,14). The van der Waals surface area contributed by atoms with Gasteiger partial charge in [-0.1, -0.05) is 30.3 Å².